The van der Waals surface area contributed by atoms with Crippen LogP contribution < -0.4 is 4.90 Å². The number of nitrogens with zero attached hydrogens (tertiary/aromatic N) is 4. The minimum Gasteiger partial charge on any atom is -0.367 e. The maximum atomic E-state index is 4.46. The van der Waals surface area contributed by atoms with E-state index in [2.05, 4.69) is 103 Å². The van der Waals surface area contributed by atoms with Crippen LogP contribution in [0.3, 0.4) is 0 Å². The van der Waals surface area contributed by atoms with E-state index >= 15 is 0 Å². The average Bonchev–Trinajstić information content (AvgIpc) is 3.33. The number of H-pyrrole nitrogens is 1. The summed E-state index contributed by atoms with van der Waals surface area (Å²) >= 11 is 0. The van der Waals surface area contributed by atoms with Crippen LogP contribution in [0.5, 0.6) is 0 Å². The number of hydrogen-bond donors (Lipinski definition) is 1. The van der Waals surface area contributed by atoms with E-state index in [4.69, 9.17) is 0 Å². The number of nitrogens with one attached hydrogen (secondary N) is 1. The number of para-hydroxylation sites is 2. The van der Waals surface area contributed by atoms with Crippen molar-refractivity contribution in [3.05, 3.63) is 83.9 Å². The lowest BCUT2D eigenvalue weighted by molar-refractivity contribution is 0.183. The zero-order valence-corrected chi connectivity index (χ0v) is 23.2. The third kappa shape index (κ3) is 6.27. The Labute approximate surface area is 222 Å². The Bertz CT molecular complexity index is 1270. The molecule has 0 saturated carbocycles. The molecule has 4 rings (SSSR count). The molecule has 1 N–H and O–H groups in total. The predicted octanol–water partition coefficient (Wildman–Crippen LogP) is 9.57. The zero-order valence-electron chi connectivity index (χ0n) is 23.2. The van der Waals surface area contributed by atoms with Crippen LogP contribution in [0.1, 0.15) is 71.4 Å². The van der Waals surface area contributed by atoms with Crippen molar-refractivity contribution in [2.24, 2.45) is 21.6 Å². The molecular weight excluding hydrogens is 454 g/mol. The molecule has 0 saturated heterocycles. The molecule has 4 aromatic rings. The molecule has 0 spiro atoms. The Morgan fingerprint density at radius 2 is 1.59 bits per heavy atom. The van der Waals surface area contributed by atoms with Gasteiger partial charge in [0.15, 0.2) is 0 Å². The normalized spacial score (nSPS) is 13.1. The van der Waals surface area contributed by atoms with Crippen molar-refractivity contribution in [2.75, 3.05) is 11.4 Å². The standard InChI is InChI=1S/C32H41N5/c1-7-11-28(32(5,6)23(3)4)25-16-14-24(15-17-25)22-37(8-2)27-20-18-26(19-21-27)35-36-31-33-29-12-9-10-13-30(29)34-31/h9-10,12-21,23,28H,7-8,11,22H2,1-6H3,(H,33,34). The summed E-state index contributed by atoms with van der Waals surface area (Å²) in [5.74, 6) is 1.73. The lowest BCUT2D eigenvalue weighted by atomic mass is 9.66. The van der Waals surface area contributed by atoms with Crippen molar-refractivity contribution in [3.8, 4) is 0 Å². The number of fused-ring (bicyclic) bond motifs is 1. The van der Waals surface area contributed by atoms with Crippen molar-refractivity contribution in [1.29, 1.82) is 0 Å². The Morgan fingerprint density at radius 3 is 2.22 bits per heavy atom. The molecule has 37 heavy (non-hydrogen) atoms. The Kier molecular flexibility index (Phi) is 8.42. The van der Waals surface area contributed by atoms with Gasteiger partial charge in [0.05, 0.1) is 16.7 Å². The van der Waals surface area contributed by atoms with Crippen LogP contribution >= 0.6 is 0 Å². The van der Waals surface area contributed by atoms with Crippen molar-refractivity contribution in [1.82, 2.24) is 9.97 Å². The van der Waals surface area contributed by atoms with Crippen LogP contribution in [0, 0.1) is 11.3 Å². The largest absolute Gasteiger partial charge is 0.367 e. The van der Waals surface area contributed by atoms with Gasteiger partial charge in [-0.25, -0.2) is 4.98 Å². The van der Waals surface area contributed by atoms with E-state index in [0.29, 0.717) is 17.8 Å². The fourth-order valence-corrected chi connectivity index (χ4v) is 4.94. The molecule has 0 aliphatic heterocycles. The summed E-state index contributed by atoms with van der Waals surface area (Å²) in [5, 5.41) is 8.65. The summed E-state index contributed by atoms with van der Waals surface area (Å²) in [4.78, 5) is 10.0. The molecule has 194 valence electrons. The Morgan fingerprint density at radius 1 is 0.892 bits per heavy atom. The summed E-state index contributed by atoms with van der Waals surface area (Å²) in [6.07, 6.45) is 2.44. The molecule has 1 unspecified atom stereocenters. The number of anilines is 1. The lowest BCUT2D eigenvalue weighted by Gasteiger charge is -2.38. The topological polar surface area (TPSA) is 56.6 Å². The highest BCUT2D eigenvalue weighted by Crippen LogP contribution is 2.44. The first-order valence-corrected chi connectivity index (χ1v) is 13.6. The summed E-state index contributed by atoms with van der Waals surface area (Å²) < 4.78 is 0. The summed E-state index contributed by atoms with van der Waals surface area (Å²) in [7, 11) is 0. The molecule has 0 fully saturated rings. The van der Waals surface area contributed by atoms with Gasteiger partial charge in [0.2, 0.25) is 5.95 Å². The quantitative estimate of drug-likeness (QED) is 0.211. The van der Waals surface area contributed by atoms with Gasteiger partial charge in [-0.2, -0.15) is 0 Å². The first-order chi connectivity index (χ1) is 17.8. The molecular formula is C32H41N5. The highest BCUT2D eigenvalue weighted by atomic mass is 15.2. The van der Waals surface area contributed by atoms with Crippen LogP contribution in [0.2, 0.25) is 0 Å². The molecule has 0 bridgehead atoms. The number of benzene rings is 3. The van der Waals surface area contributed by atoms with Gasteiger partial charge in [0.25, 0.3) is 0 Å². The minimum atomic E-state index is 0.274. The molecule has 1 atom stereocenters. The molecule has 0 amide bonds. The fraction of sp³-hybridized carbons (Fsp3) is 0.406. The van der Waals surface area contributed by atoms with Crippen LogP contribution in [-0.4, -0.2) is 16.5 Å². The summed E-state index contributed by atoms with van der Waals surface area (Å²) in [6.45, 7) is 15.8. The second-order valence-electron chi connectivity index (χ2n) is 10.9. The third-order valence-corrected chi connectivity index (χ3v) is 7.95. The molecule has 1 aromatic heterocycles. The van der Waals surface area contributed by atoms with E-state index in [1.54, 1.807) is 0 Å². The van der Waals surface area contributed by atoms with E-state index in [-0.39, 0.29) is 5.41 Å². The van der Waals surface area contributed by atoms with Gasteiger partial charge in [0.1, 0.15) is 0 Å². The van der Waals surface area contributed by atoms with Crippen molar-refractivity contribution < 1.29 is 0 Å². The zero-order chi connectivity index (χ0) is 26.4. The van der Waals surface area contributed by atoms with Gasteiger partial charge in [-0.15, -0.1) is 10.2 Å². The minimum absolute atomic E-state index is 0.274. The van der Waals surface area contributed by atoms with Crippen molar-refractivity contribution >= 4 is 28.4 Å². The third-order valence-electron chi connectivity index (χ3n) is 7.95. The molecule has 0 aliphatic carbocycles. The predicted molar refractivity (Wildman–Crippen MR) is 156 cm³/mol. The van der Waals surface area contributed by atoms with E-state index < -0.39 is 0 Å². The van der Waals surface area contributed by atoms with E-state index in [1.165, 1.54) is 29.7 Å². The van der Waals surface area contributed by atoms with Crippen LogP contribution in [0.25, 0.3) is 11.0 Å². The number of hydrogen-bond acceptors (Lipinski definition) is 4. The van der Waals surface area contributed by atoms with Crippen LogP contribution in [0.15, 0.2) is 83.0 Å². The smallest absolute Gasteiger partial charge is 0.247 e. The van der Waals surface area contributed by atoms with Gasteiger partial charge in [-0.3, -0.25) is 0 Å². The molecule has 5 heteroatoms. The van der Waals surface area contributed by atoms with Gasteiger partial charge >= 0.3 is 0 Å². The molecule has 5 nitrogen and oxygen atoms in total. The maximum absolute atomic E-state index is 4.46. The van der Waals surface area contributed by atoms with Gasteiger partial charge < -0.3 is 9.88 Å². The number of rotatable bonds is 11. The lowest BCUT2D eigenvalue weighted by Crippen LogP contribution is -2.28. The molecule has 3 aromatic carbocycles. The highest BCUT2D eigenvalue weighted by Gasteiger charge is 2.32. The van der Waals surface area contributed by atoms with Crippen LogP contribution in [0.4, 0.5) is 17.3 Å². The average molecular weight is 496 g/mol. The summed E-state index contributed by atoms with van der Waals surface area (Å²) in [6, 6.07) is 25.5. The Hall–Kier alpha value is -3.47. The van der Waals surface area contributed by atoms with Gasteiger partial charge in [-0.05, 0) is 78.1 Å². The Balaban J connectivity index is 1.43. The van der Waals surface area contributed by atoms with Gasteiger partial charge in [0, 0.05) is 18.8 Å². The number of aromatic amines is 1. The number of imidazole rings is 1. The second kappa shape index (κ2) is 11.7. The van der Waals surface area contributed by atoms with Crippen LogP contribution in [-0.2, 0) is 6.54 Å². The second-order valence-corrected chi connectivity index (χ2v) is 10.9. The first kappa shape index (κ1) is 26.6. The number of aromatic nitrogens is 2. The molecule has 0 radical (unpaired) electrons. The van der Waals surface area contributed by atoms with Crippen molar-refractivity contribution in [3.63, 3.8) is 0 Å². The maximum Gasteiger partial charge on any atom is 0.247 e. The highest BCUT2D eigenvalue weighted by molar-refractivity contribution is 5.76. The SMILES string of the molecule is CCCC(c1ccc(CN(CC)c2ccc(N=Nc3nc4ccccc4[nH]3)cc2)cc1)C(C)(C)C(C)C. The van der Waals surface area contributed by atoms with E-state index in [1.807, 2.05) is 36.4 Å². The monoisotopic (exact) mass is 495 g/mol. The van der Waals surface area contributed by atoms with E-state index in [9.17, 15) is 0 Å². The molecule has 1 heterocycles. The molecule has 0 aliphatic rings. The fourth-order valence-electron chi connectivity index (χ4n) is 4.94. The summed E-state index contributed by atoms with van der Waals surface area (Å²) in [5.41, 5.74) is 6.91. The van der Waals surface area contributed by atoms with Gasteiger partial charge in [-0.1, -0.05) is 77.4 Å². The number of azo groups is 1. The first-order valence-electron chi connectivity index (χ1n) is 13.6. The van der Waals surface area contributed by atoms with E-state index in [0.717, 1.165) is 29.8 Å². The van der Waals surface area contributed by atoms with Crippen molar-refractivity contribution in [2.45, 2.75) is 66.8 Å².